The van der Waals surface area contributed by atoms with Crippen LogP contribution in [0.1, 0.15) is 55.2 Å². The van der Waals surface area contributed by atoms with Gasteiger partial charge < -0.3 is 5.73 Å². The lowest BCUT2D eigenvalue weighted by Gasteiger charge is -2.37. The summed E-state index contributed by atoms with van der Waals surface area (Å²) >= 11 is 0. The van der Waals surface area contributed by atoms with Crippen molar-refractivity contribution in [1.29, 1.82) is 0 Å². The van der Waals surface area contributed by atoms with Gasteiger partial charge in [0, 0.05) is 37.1 Å². The van der Waals surface area contributed by atoms with Crippen LogP contribution < -0.4 is 5.73 Å². The second-order valence-electron chi connectivity index (χ2n) is 5.40. The Labute approximate surface area is 99.0 Å². The molecule has 3 nitrogen and oxygen atoms in total. The smallest absolute Gasteiger partial charge is 0.249 e. The molecule has 0 radical (unpaired) electrons. The third kappa shape index (κ3) is 1.63. The highest BCUT2D eigenvalue weighted by Crippen LogP contribution is 2.52. The monoisotopic (exact) mass is 241 g/mol. The van der Waals surface area contributed by atoms with E-state index in [9.17, 15) is 8.78 Å². The van der Waals surface area contributed by atoms with Gasteiger partial charge in [0.15, 0.2) is 0 Å². The second-order valence-corrected chi connectivity index (χ2v) is 5.40. The first kappa shape index (κ1) is 11.0. The quantitative estimate of drug-likeness (QED) is 0.865. The fraction of sp³-hybridized carbons (Fsp3) is 0.750. The minimum Gasteiger partial charge on any atom is -0.382 e. The molecule has 2 aliphatic rings. The molecule has 2 aliphatic carbocycles. The highest BCUT2D eigenvalue weighted by Gasteiger charge is 2.48. The molecule has 2 fully saturated rings. The summed E-state index contributed by atoms with van der Waals surface area (Å²) in [7, 11) is 1.81. The lowest BCUT2D eigenvalue weighted by molar-refractivity contribution is -0.0884. The topological polar surface area (TPSA) is 43.8 Å². The number of aryl methyl sites for hydroxylation is 1. The van der Waals surface area contributed by atoms with Crippen LogP contribution in [0.25, 0.3) is 0 Å². The Bertz CT molecular complexity index is 441. The minimum absolute atomic E-state index is 0.0499. The molecule has 0 bridgehead atoms. The summed E-state index contributed by atoms with van der Waals surface area (Å²) in [6.07, 6.45) is 3.34. The van der Waals surface area contributed by atoms with Gasteiger partial charge in [0.1, 0.15) is 5.82 Å². The van der Waals surface area contributed by atoms with Gasteiger partial charge in [0.25, 0.3) is 0 Å². The van der Waals surface area contributed by atoms with E-state index in [2.05, 4.69) is 5.10 Å². The zero-order valence-corrected chi connectivity index (χ0v) is 9.92. The van der Waals surface area contributed by atoms with Crippen molar-refractivity contribution in [2.45, 2.75) is 49.9 Å². The fourth-order valence-electron chi connectivity index (χ4n) is 3.03. The molecule has 94 valence electrons. The fourth-order valence-corrected chi connectivity index (χ4v) is 3.03. The van der Waals surface area contributed by atoms with E-state index in [-0.39, 0.29) is 18.8 Å². The van der Waals surface area contributed by atoms with Crippen molar-refractivity contribution >= 4 is 5.82 Å². The number of rotatable bonds is 2. The number of anilines is 1. The van der Waals surface area contributed by atoms with E-state index in [0.717, 1.165) is 24.1 Å². The van der Waals surface area contributed by atoms with Crippen LogP contribution >= 0.6 is 0 Å². The van der Waals surface area contributed by atoms with Crippen molar-refractivity contribution in [3.63, 3.8) is 0 Å². The molecule has 5 heteroatoms. The SMILES string of the molecule is Cn1nc(N)c(C2CCC2)c1C1CC(F)(F)C1. The maximum Gasteiger partial charge on any atom is 0.249 e. The highest BCUT2D eigenvalue weighted by atomic mass is 19.3. The third-order valence-corrected chi connectivity index (χ3v) is 4.15. The molecule has 0 aliphatic heterocycles. The molecule has 0 atom stereocenters. The lowest BCUT2D eigenvalue weighted by atomic mass is 9.72. The minimum atomic E-state index is -2.49. The van der Waals surface area contributed by atoms with E-state index in [0.29, 0.717) is 11.7 Å². The van der Waals surface area contributed by atoms with Gasteiger partial charge >= 0.3 is 0 Å². The standard InChI is InChI=1S/C12H17F2N3/c1-17-10(8-5-12(13,14)6-8)9(11(15)16-17)7-3-2-4-7/h7-8H,2-6H2,1H3,(H2,15,16). The first-order valence-corrected chi connectivity index (χ1v) is 6.18. The number of halogens is 2. The molecular formula is C12H17F2N3. The van der Waals surface area contributed by atoms with Gasteiger partial charge in [0.2, 0.25) is 5.92 Å². The Morgan fingerprint density at radius 1 is 1.29 bits per heavy atom. The van der Waals surface area contributed by atoms with Crippen LogP contribution in [0.2, 0.25) is 0 Å². The summed E-state index contributed by atoms with van der Waals surface area (Å²) in [5, 5.41) is 4.21. The summed E-state index contributed by atoms with van der Waals surface area (Å²) < 4.78 is 27.7. The molecule has 1 aromatic rings. The number of nitrogen functional groups attached to an aromatic ring is 1. The molecule has 17 heavy (non-hydrogen) atoms. The van der Waals surface area contributed by atoms with Crippen molar-refractivity contribution in [2.24, 2.45) is 7.05 Å². The van der Waals surface area contributed by atoms with Crippen LogP contribution in [-0.4, -0.2) is 15.7 Å². The van der Waals surface area contributed by atoms with Crippen molar-refractivity contribution in [2.75, 3.05) is 5.73 Å². The molecule has 0 aromatic carbocycles. The van der Waals surface area contributed by atoms with Gasteiger partial charge in [-0.15, -0.1) is 0 Å². The average molecular weight is 241 g/mol. The van der Waals surface area contributed by atoms with Gasteiger partial charge in [-0.1, -0.05) is 6.42 Å². The average Bonchev–Trinajstić information content (AvgIpc) is 2.35. The molecule has 0 unspecified atom stereocenters. The number of hydrogen-bond donors (Lipinski definition) is 1. The normalized spacial score (nSPS) is 24.4. The van der Waals surface area contributed by atoms with Gasteiger partial charge in [-0.05, 0) is 18.8 Å². The zero-order chi connectivity index (χ0) is 12.2. The molecule has 0 spiro atoms. The second kappa shape index (κ2) is 3.43. The van der Waals surface area contributed by atoms with Crippen molar-refractivity contribution in [1.82, 2.24) is 9.78 Å². The predicted molar refractivity (Wildman–Crippen MR) is 61.1 cm³/mol. The van der Waals surface area contributed by atoms with Crippen molar-refractivity contribution in [3.05, 3.63) is 11.3 Å². The Balaban J connectivity index is 1.92. The van der Waals surface area contributed by atoms with E-state index >= 15 is 0 Å². The molecule has 3 rings (SSSR count). The largest absolute Gasteiger partial charge is 0.382 e. The van der Waals surface area contributed by atoms with Crippen LogP contribution in [0.3, 0.4) is 0 Å². The maximum atomic E-state index is 13.0. The van der Waals surface area contributed by atoms with E-state index in [1.54, 1.807) is 4.68 Å². The molecule has 1 aromatic heterocycles. The van der Waals surface area contributed by atoms with E-state index in [1.807, 2.05) is 7.05 Å². The first-order valence-electron chi connectivity index (χ1n) is 6.18. The van der Waals surface area contributed by atoms with Crippen molar-refractivity contribution < 1.29 is 8.78 Å². The molecule has 0 saturated heterocycles. The summed E-state index contributed by atoms with van der Waals surface area (Å²) in [5.41, 5.74) is 7.93. The molecule has 0 amide bonds. The van der Waals surface area contributed by atoms with Gasteiger partial charge in [-0.2, -0.15) is 5.10 Å². The number of aromatic nitrogens is 2. The molecule has 1 heterocycles. The molecular weight excluding hydrogens is 224 g/mol. The van der Waals surface area contributed by atoms with E-state index in [4.69, 9.17) is 5.73 Å². The van der Waals surface area contributed by atoms with Crippen LogP contribution in [0.15, 0.2) is 0 Å². The van der Waals surface area contributed by atoms with Crippen LogP contribution in [0, 0.1) is 0 Å². The van der Waals surface area contributed by atoms with Crippen LogP contribution in [-0.2, 0) is 7.05 Å². The van der Waals surface area contributed by atoms with Crippen LogP contribution in [0.4, 0.5) is 14.6 Å². The Hall–Kier alpha value is -1.13. The zero-order valence-electron chi connectivity index (χ0n) is 9.92. The number of hydrogen-bond acceptors (Lipinski definition) is 2. The van der Waals surface area contributed by atoms with Gasteiger partial charge in [-0.25, -0.2) is 8.78 Å². The van der Waals surface area contributed by atoms with Gasteiger partial charge in [-0.3, -0.25) is 4.68 Å². The van der Waals surface area contributed by atoms with Crippen molar-refractivity contribution in [3.8, 4) is 0 Å². The molecule has 2 saturated carbocycles. The third-order valence-electron chi connectivity index (χ3n) is 4.15. The summed E-state index contributed by atoms with van der Waals surface area (Å²) in [6.45, 7) is 0. The Kier molecular flexibility index (Phi) is 2.22. The number of alkyl halides is 2. The van der Waals surface area contributed by atoms with E-state index in [1.165, 1.54) is 6.42 Å². The number of nitrogens with two attached hydrogens (primary N) is 1. The maximum absolute atomic E-state index is 13.0. The first-order chi connectivity index (χ1) is 7.98. The lowest BCUT2D eigenvalue weighted by Crippen LogP contribution is -2.35. The van der Waals surface area contributed by atoms with Crippen LogP contribution in [0.5, 0.6) is 0 Å². The van der Waals surface area contributed by atoms with E-state index < -0.39 is 5.92 Å². The predicted octanol–water partition coefficient (Wildman–Crippen LogP) is 2.78. The Morgan fingerprint density at radius 2 is 1.94 bits per heavy atom. The summed E-state index contributed by atoms with van der Waals surface area (Å²) in [4.78, 5) is 0. The highest BCUT2D eigenvalue weighted by molar-refractivity contribution is 5.48. The van der Waals surface area contributed by atoms with Gasteiger partial charge in [0.05, 0.1) is 0 Å². The Morgan fingerprint density at radius 3 is 2.41 bits per heavy atom. The summed E-state index contributed by atoms with van der Waals surface area (Å²) in [6, 6.07) is 0. The molecule has 2 N–H and O–H groups in total. The summed E-state index contributed by atoms with van der Waals surface area (Å²) in [5.74, 6) is -1.55. The number of nitrogens with zero attached hydrogens (tertiary/aromatic N) is 2.